The van der Waals surface area contributed by atoms with Crippen LogP contribution in [0.15, 0.2) is 52.3 Å². The smallest absolute Gasteiger partial charge is 0.410 e. The minimum absolute atomic E-state index is 0.213. The van der Waals surface area contributed by atoms with Crippen LogP contribution in [-0.2, 0) is 4.74 Å². The number of carbonyl (C=O) groups is 1. The summed E-state index contributed by atoms with van der Waals surface area (Å²) in [5.74, 6) is -0.213. The van der Waals surface area contributed by atoms with Gasteiger partial charge in [0.15, 0.2) is 0 Å². The highest BCUT2D eigenvalue weighted by Gasteiger charge is 2.26. The molecule has 0 aliphatic carbocycles. The molecule has 1 amide bonds. The molecule has 0 N–H and O–H groups in total. The second kappa shape index (κ2) is 8.43. The molecule has 150 valence electrons. The number of rotatable bonds is 3. The molecule has 1 heterocycles. The number of nitrogens with zero attached hydrogens (tertiary/aromatic N) is 2. The maximum atomic E-state index is 14.1. The summed E-state index contributed by atoms with van der Waals surface area (Å²) in [6.45, 7) is 10.3. The fraction of sp³-hybridized carbons (Fsp3) is 0.409. The Bertz CT molecular complexity index is 843. The predicted molar refractivity (Wildman–Crippen MR) is 112 cm³/mol. The molecule has 3 rings (SSSR count). The van der Waals surface area contributed by atoms with Gasteiger partial charge in [-0.25, -0.2) is 9.18 Å². The van der Waals surface area contributed by atoms with Gasteiger partial charge in [0.2, 0.25) is 0 Å². The summed E-state index contributed by atoms with van der Waals surface area (Å²) in [6.07, 6.45) is -0.267. The molecule has 1 saturated heterocycles. The summed E-state index contributed by atoms with van der Waals surface area (Å²) < 4.78 is 19.6. The van der Waals surface area contributed by atoms with Crippen LogP contribution in [0.25, 0.3) is 0 Å². The van der Waals surface area contributed by atoms with Crippen LogP contribution in [0.3, 0.4) is 0 Å². The van der Waals surface area contributed by atoms with E-state index in [4.69, 9.17) is 4.74 Å². The van der Waals surface area contributed by atoms with Crippen LogP contribution in [-0.4, -0.2) is 42.8 Å². The number of halogens is 1. The summed E-state index contributed by atoms with van der Waals surface area (Å²) >= 11 is 1.44. The molecular formula is C22H27FN2O2S. The highest BCUT2D eigenvalue weighted by atomic mass is 32.2. The Labute approximate surface area is 170 Å². The Morgan fingerprint density at radius 1 is 1.04 bits per heavy atom. The van der Waals surface area contributed by atoms with Crippen LogP contribution in [0.5, 0.6) is 0 Å². The molecule has 1 aliphatic rings. The highest BCUT2D eigenvalue weighted by Crippen LogP contribution is 2.37. The topological polar surface area (TPSA) is 32.8 Å². The number of amides is 1. The lowest BCUT2D eigenvalue weighted by molar-refractivity contribution is 0.0240. The average Bonchev–Trinajstić information content (AvgIpc) is 2.63. The summed E-state index contributed by atoms with van der Waals surface area (Å²) in [5, 5.41) is 0. The molecule has 0 radical (unpaired) electrons. The van der Waals surface area contributed by atoms with Crippen molar-refractivity contribution in [2.75, 3.05) is 31.1 Å². The molecule has 0 atom stereocenters. The Morgan fingerprint density at radius 2 is 1.71 bits per heavy atom. The first kappa shape index (κ1) is 20.5. The van der Waals surface area contributed by atoms with Crippen LogP contribution in [0.1, 0.15) is 26.3 Å². The molecule has 2 aromatic rings. The Morgan fingerprint density at radius 3 is 2.36 bits per heavy atom. The van der Waals surface area contributed by atoms with Crippen molar-refractivity contribution in [1.82, 2.24) is 4.90 Å². The average molecular weight is 403 g/mol. The Balaban J connectivity index is 1.73. The van der Waals surface area contributed by atoms with Gasteiger partial charge in [-0.1, -0.05) is 30.0 Å². The number of hydrogen-bond donors (Lipinski definition) is 0. The van der Waals surface area contributed by atoms with Gasteiger partial charge in [0.1, 0.15) is 11.4 Å². The van der Waals surface area contributed by atoms with Gasteiger partial charge in [-0.2, -0.15) is 0 Å². The van der Waals surface area contributed by atoms with Crippen LogP contribution in [0, 0.1) is 12.7 Å². The van der Waals surface area contributed by atoms with Crippen molar-refractivity contribution >= 4 is 23.5 Å². The molecule has 6 heteroatoms. The van der Waals surface area contributed by atoms with Crippen molar-refractivity contribution in [3.05, 3.63) is 53.8 Å². The lowest BCUT2D eigenvalue weighted by Gasteiger charge is -2.37. The molecule has 4 nitrogen and oxygen atoms in total. The highest BCUT2D eigenvalue weighted by molar-refractivity contribution is 7.99. The molecule has 1 fully saturated rings. The number of carbonyl (C=O) groups excluding carboxylic acids is 1. The fourth-order valence-electron chi connectivity index (χ4n) is 3.07. The number of anilines is 1. The van der Waals surface area contributed by atoms with Gasteiger partial charge in [0.05, 0.1) is 5.69 Å². The van der Waals surface area contributed by atoms with Crippen molar-refractivity contribution in [3.8, 4) is 0 Å². The van der Waals surface area contributed by atoms with Crippen LogP contribution < -0.4 is 4.90 Å². The SMILES string of the molecule is Cc1ccc(N2CCN(C(=O)OC(C)(C)C)CC2)c(Sc2ccccc2F)c1. The molecule has 2 aromatic carbocycles. The molecule has 0 spiro atoms. The Kier molecular flexibility index (Phi) is 6.18. The zero-order valence-corrected chi connectivity index (χ0v) is 17.7. The quantitative estimate of drug-likeness (QED) is 0.694. The normalized spacial score (nSPS) is 14.9. The van der Waals surface area contributed by atoms with E-state index < -0.39 is 5.60 Å². The van der Waals surface area contributed by atoms with Gasteiger partial charge < -0.3 is 14.5 Å². The van der Waals surface area contributed by atoms with Gasteiger partial charge >= 0.3 is 6.09 Å². The van der Waals surface area contributed by atoms with Crippen LogP contribution >= 0.6 is 11.8 Å². The van der Waals surface area contributed by atoms with E-state index in [0.717, 1.165) is 16.1 Å². The third kappa shape index (κ3) is 5.19. The van der Waals surface area contributed by atoms with E-state index in [0.29, 0.717) is 31.1 Å². The summed E-state index contributed by atoms with van der Waals surface area (Å²) in [7, 11) is 0. The molecule has 1 aliphatic heterocycles. The predicted octanol–water partition coefficient (Wildman–Crippen LogP) is 5.34. The largest absolute Gasteiger partial charge is 0.444 e. The first-order chi connectivity index (χ1) is 13.2. The zero-order valence-electron chi connectivity index (χ0n) is 16.9. The van der Waals surface area contributed by atoms with Crippen molar-refractivity contribution in [2.45, 2.75) is 43.1 Å². The molecule has 0 aromatic heterocycles. The van der Waals surface area contributed by atoms with E-state index in [1.807, 2.05) is 33.8 Å². The van der Waals surface area contributed by atoms with Gasteiger partial charge in [-0.05, 0) is 57.5 Å². The number of piperazine rings is 1. The van der Waals surface area contributed by atoms with E-state index >= 15 is 0 Å². The number of hydrogen-bond acceptors (Lipinski definition) is 4. The van der Waals surface area contributed by atoms with E-state index in [2.05, 4.69) is 23.1 Å². The van der Waals surface area contributed by atoms with Crippen molar-refractivity contribution in [2.24, 2.45) is 0 Å². The van der Waals surface area contributed by atoms with Gasteiger partial charge in [0.25, 0.3) is 0 Å². The Hall–Kier alpha value is -2.21. The lowest BCUT2D eigenvalue weighted by atomic mass is 10.2. The van der Waals surface area contributed by atoms with Crippen molar-refractivity contribution in [1.29, 1.82) is 0 Å². The summed E-state index contributed by atoms with van der Waals surface area (Å²) in [4.78, 5) is 17.9. The fourth-order valence-corrected chi connectivity index (χ4v) is 4.16. The van der Waals surface area contributed by atoms with Gasteiger partial charge in [-0.3, -0.25) is 0 Å². The van der Waals surface area contributed by atoms with Crippen molar-refractivity contribution < 1.29 is 13.9 Å². The second-order valence-electron chi connectivity index (χ2n) is 7.96. The standard InChI is InChI=1S/C22H27FN2O2S/c1-16-9-10-18(20(15-16)28-19-8-6-5-7-17(19)23)24-11-13-25(14-12-24)21(26)27-22(2,3)4/h5-10,15H,11-14H2,1-4H3. The first-order valence-corrected chi connectivity index (χ1v) is 10.3. The van der Waals surface area contributed by atoms with Crippen molar-refractivity contribution in [3.63, 3.8) is 0 Å². The maximum Gasteiger partial charge on any atom is 0.410 e. The minimum Gasteiger partial charge on any atom is -0.444 e. The number of benzene rings is 2. The van der Waals surface area contributed by atoms with Crippen LogP contribution in [0.4, 0.5) is 14.9 Å². The third-order valence-electron chi connectivity index (χ3n) is 4.44. The third-order valence-corrected chi connectivity index (χ3v) is 5.54. The molecular weight excluding hydrogens is 375 g/mol. The van der Waals surface area contributed by atoms with E-state index in [1.165, 1.54) is 17.8 Å². The monoisotopic (exact) mass is 402 g/mol. The lowest BCUT2D eigenvalue weighted by Crippen LogP contribution is -2.50. The molecule has 0 bridgehead atoms. The molecule has 0 unspecified atom stereocenters. The first-order valence-electron chi connectivity index (χ1n) is 9.49. The van der Waals surface area contributed by atoms with Gasteiger partial charge in [0, 0.05) is 36.0 Å². The number of aryl methyl sites for hydroxylation is 1. The number of ether oxygens (including phenoxy) is 1. The van der Waals surface area contributed by atoms with Crippen LogP contribution in [0.2, 0.25) is 0 Å². The summed E-state index contributed by atoms with van der Waals surface area (Å²) in [5.41, 5.74) is 1.71. The minimum atomic E-state index is -0.491. The zero-order chi connectivity index (χ0) is 20.3. The van der Waals surface area contributed by atoms with E-state index in [1.54, 1.807) is 17.0 Å². The molecule has 28 heavy (non-hydrogen) atoms. The summed E-state index contributed by atoms with van der Waals surface area (Å²) in [6, 6.07) is 13.1. The second-order valence-corrected chi connectivity index (χ2v) is 9.04. The van der Waals surface area contributed by atoms with E-state index in [-0.39, 0.29) is 11.9 Å². The molecule has 0 saturated carbocycles. The van der Waals surface area contributed by atoms with E-state index in [9.17, 15) is 9.18 Å². The van der Waals surface area contributed by atoms with Gasteiger partial charge in [-0.15, -0.1) is 0 Å². The maximum absolute atomic E-state index is 14.1.